The van der Waals surface area contributed by atoms with Crippen LogP contribution in [0.5, 0.6) is 0 Å². The van der Waals surface area contributed by atoms with Gasteiger partial charge in [0.25, 0.3) is 0 Å². The van der Waals surface area contributed by atoms with Crippen LogP contribution < -0.4 is 5.32 Å². The third-order valence-corrected chi connectivity index (χ3v) is 5.40. The maximum Gasteiger partial charge on any atom is 0.161 e. The van der Waals surface area contributed by atoms with Gasteiger partial charge in [-0.25, -0.2) is 9.97 Å². The maximum absolute atomic E-state index is 8.95. The Balaban J connectivity index is 1.72. The molecule has 4 nitrogen and oxygen atoms in total. The normalized spacial score (nSPS) is 12.5. The Hall–Kier alpha value is -3.19. The van der Waals surface area contributed by atoms with E-state index in [4.69, 9.17) is 15.2 Å². The van der Waals surface area contributed by atoms with Crippen molar-refractivity contribution in [3.05, 3.63) is 70.4 Å². The van der Waals surface area contributed by atoms with Crippen molar-refractivity contribution in [3.63, 3.8) is 0 Å². The zero-order valence-electron chi connectivity index (χ0n) is 16.4. The number of nitrogens with one attached hydrogen (secondary N) is 1. The molecule has 0 bridgehead atoms. The van der Waals surface area contributed by atoms with E-state index in [2.05, 4.69) is 48.6 Å². The summed E-state index contributed by atoms with van der Waals surface area (Å²) in [5, 5.41) is 12.5. The molecule has 0 fully saturated rings. The molecule has 0 saturated heterocycles. The van der Waals surface area contributed by atoms with Crippen molar-refractivity contribution in [2.75, 3.05) is 5.32 Å². The van der Waals surface area contributed by atoms with E-state index in [9.17, 15) is 0 Å². The minimum absolute atomic E-state index is 0.437. The summed E-state index contributed by atoms with van der Waals surface area (Å²) >= 11 is 0. The monoisotopic (exact) mass is 368 g/mol. The predicted octanol–water partition coefficient (Wildman–Crippen LogP) is 5.31. The first-order valence-corrected chi connectivity index (χ1v) is 9.90. The third kappa shape index (κ3) is 3.61. The van der Waals surface area contributed by atoms with Gasteiger partial charge in [0.2, 0.25) is 0 Å². The minimum Gasteiger partial charge on any atom is -0.340 e. The molecule has 140 valence electrons. The van der Waals surface area contributed by atoms with E-state index in [1.165, 1.54) is 11.1 Å². The third-order valence-electron chi connectivity index (χ3n) is 5.40. The highest BCUT2D eigenvalue weighted by Gasteiger charge is 2.20. The molecule has 1 aliphatic carbocycles. The highest BCUT2D eigenvalue weighted by Crippen LogP contribution is 2.31. The fourth-order valence-corrected chi connectivity index (χ4v) is 3.79. The van der Waals surface area contributed by atoms with Crippen LogP contribution in [0.4, 0.5) is 11.5 Å². The van der Waals surface area contributed by atoms with Crippen molar-refractivity contribution in [1.29, 1.82) is 5.26 Å². The summed E-state index contributed by atoms with van der Waals surface area (Å²) < 4.78 is 0. The van der Waals surface area contributed by atoms with Gasteiger partial charge in [-0.1, -0.05) is 31.2 Å². The molecule has 28 heavy (non-hydrogen) atoms. The van der Waals surface area contributed by atoms with Gasteiger partial charge in [-0.2, -0.15) is 5.26 Å². The van der Waals surface area contributed by atoms with E-state index in [-0.39, 0.29) is 0 Å². The molecule has 4 heteroatoms. The van der Waals surface area contributed by atoms with Crippen LogP contribution in [0.3, 0.4) is 0 Å². The Kier molecular flexibility index (Phi) is 5.08. The summed E-state index contributed by atoms with van der Waals surface area (Å²) in [4.78, 5) is 9.77. The molecule has 0 saturated carbocycles. The van der Waals surface area contributed by atoms with E-state index in [1.54, 1.807) is 0 Å². The smallest absolute Gasteiger partial charge is 0.161 e. The molecular weight excluding hydrogens is 344 g/mol. The van der Waals surface area contributed by atoms with Crippen LogP contribution in [0.2, 0.25) is 0 Å². The molecule has 4 rings (SSSR count). The molecule has 1 aromatic heterocycles. The molecule has 1 N–H and O–H groups in total. The average Bonchev–Trinajstić information content (AvgIpc) is 3.19. The number of anilines is 2. The highest BCUT2D eigenvalue weighted by atomic mass is 15.0. The van der Waals surface area contributed by atoms with Crippen LogP contribution >= 0.6 is 0 Å². The molecule has 0 atom stereocenters. The first-order chi connectivity index (χ1) is 13.7. The van der Waals surface area contributed by atoms with Crippen molar-refractivity contribution >= 4 is 11.5 Å². The van der Waals surface area contributed by atoms with Crippen molar-refractivity contribution in [2.24, 2.45) is 0 Å². The number of fused-ring (bicyclic) bond motifs is 1. The van der Waals surface area contributed by atoms with Crippen molar-refractivity contribution in [2.45, 2.75) is 46.0 Å². The Bertz CT molecular complexity index is 1060. The molecular formula is C24H24N4. The van der Waals surface area contributed by atoms with Crippen LogP contribution in [-0.2, 0) is 25.7 Å². The second-order valence-electron chi connectivity index (χ2n) is 7.33. The summed E-state index contributed by atoms with van der Waals surface area (Å²) in [5.74, 6) is 1.70. The second kappa shape index (κ2) is 7.82. The maximum atomic E-state index is 8.95. The Morgan fingerprint density at radius 1 is 1.11 bits per heavy atom. The van der Waals surface area contributed by atoms with Gasteiger partial charge in [0.15, 0.2) is 5.82 Å². The lowest BCUT2D eigenvalue weighted by Gasteiger charge is -2.14. The van der Waals surface area contributed by atoms with Gasteiger partial charge in [0.05, 0.1) is 12.5 Å². The highest BCUT2D eigenvalue weighted by molar-refractivity contribution is 5.66. The van der Waals surface area contributed by atoms with Gasteiger partial charge >= 0.3 is 0 Å². The number of rotatable bonds is 5. The van der Waals surface area contributed by atoms with Gasteiger partial charge < -0.3 is 5.32 Å². The average molecular weight is 368 g/mol. The summed E-state index contributed by atoms with van der Waals surface area (Å²) in [5.41, 5.74) is 7.94. The SMILES string of the molecule is CCc1cccc(-c2nc3c(c(Nc4ccc(CC#N)c(C)c4)n2)CCC3)c1. The number of nitrogens with zero attached hydrogens (tertiary/aromatic N) is 3. The molecule has 0 spiro atoms. The van der Waals surface area contributed by atoms with E-state index >= 15 is 0 Å². The molecule has 3 aromatic rings. The number of benzene rings is 2. The zero-order chi connectivity index (χ0) is 19.5. The number of hydrogen-bond acceptors (Lipinski definition) is 4. The predicted molar refractivity (Wildman–Crippen MR) is 113 cm³/mol. The van der Waals surface area contributed by atoms with Crippen molar-refractivity contribution in [3.8, 4) is 17.5 Å². The number of aryl methyl sites for hydroxylation is 3. The molecule has 1 heterocycles. The summed E-state index contributed by atoms with van der Waals surface area (Å²) in [6.07, 6.45) is 4.58. The zero-order valence-corrected chi connectivity index (χ0v) is 16.4. The van der Waals surface area contributed by atoms with E-state index in [0.717, 1.165) is 65.4 Å². The van der Waals surface area contributed by atoms with Gasteiger partial charge in [-0.3, -0.25) is 0 Å². The lowest BCUT2D eigenvalue weighted by atomic mass is 10.1. The van der Waals surface area contributed by atoms with Crippen LogP contribution in [0.25, 0.3) is 11.4 Å². The Labute approximate surface area is 166 Å². The first kappa shape index (κ1) is 18.2. The molecule has 1 aliphatic rings. The van der Waals surface area contributed by atoms with Crippen LogP contribution in [-0.4, -0.2) is 9.97 Å². The quantitative estimate of drug-likeness (QED) is 0.663. The van der Waals surface area contributed by atoms with E-state index in [0.29, 0.717) is 6.42 Å². The van der Waals surface area contributed by atoms with Crippen LogP contribution in [0.1, 0.15) is 41.3 Å². The minimum atomic E-state index is 0.437. The number of aromatic nitrogens is 2. The standard InChI is InChI=1S/C24H24N4/c1-3-17-6-4-7-19(15-17)23-27-22-9-5-8-21(22)24(28-23)26-20-11-10-18(12-13-25)16(2)14-20/h4,6-7,10-11,14-15H,3,5,8-9,12H2,1-2H3,(H,26,27,28). The van der Waals surface area contributed by atoms with Gasteiger partial charge in [0, 0.05) is 22.5 Å². The summed E-state index contributed by atoms with van der Waals surface area (Å²) in [6.45, 7) is 4.21. The molecule has 0 radical (unpaired) electrons. The summed E-state index contributed by atoms with van der Waals surface area (Å²) in [7, 11) is 0. The van der Waals surface area contributed by atoms with Gasteiger partial charge in [0.1, 0.15) is 5.82 Å². The van der Waals surface area contributed by atoms with Crippen LogP contribution in [0.15, 0.2) is 42.5 Å². The van der Waals surface area contributed by atoms with E-state index < -0.39 is 0 Å². The number of hydrogen-bond donors (Lipinski definition) is 1. The second-order valence-corrected chi connectivity index (χ2v) is 7.33. The molecule has 0 aliphatic heterocycles. The lowest BCUT2D eigenvalue weighted by molar-refractivity contribution is 0.900. The van der Waals surface area contributed by atoms with Gasteiger partial charge in [-0.15, -0.1) is 0 Å². The van der Waals surface area contributed by atoms with Crippen LogP contribution in [0, 0.1) is 18.3 Å². The fourth-order valence-electron chi connectivity index (χ4n) is 3.79. The number of nitriles is 1. The Morgan fingerprint density at radius 3 is 2.79 bits per heavy atom. The van der Waals surface area contributed by atoms with Gasteiger partial charge in [-0.05, 0) is 67.5 Å². The van der Waals surface area contributed by atoms with Crippen molar-refractivity contribution < 1.29 is 0 Å². The largest absolute Gasteiger partial charge is 0.340 e. The fraction of sp³-hybridized carbons (Fsp3) is 0.292. The summed E-state index contributed by atoms with van der Waals surface area (Å²) in [6, 6.07) is 16.8. The first-order valence-electron chi connectivity index (χ1n) is 9.90. The molecule has 2 aromatic carbocycles. The van der Waals surface area contributed by atoms with Crippen molar-refractivity contribution in [1.82, 2.24) is 9.97 Å². The van der Waals surface area contributed by atoms with E-state index in [1.807, 2.05) is 19.1 Å². The molecule has 0 unspecified atom stereocenters. The Morgan fingerprint density at radius 2 is 2.00 bits per heavy atom. The topological polar surface area (TPSA) is 61.6 Å². The lowest BCUT2D eigenvalue weighted by Crippen LogP contribution is -2.04. The molecule has 0 amide bonds.